The van der Waals surface area contributed by atoms with Crippen molar-refractivity contribution in [2.75, 3.05) is 0 Å². The SMILES string of the molecule is Cp1ccc2c1CCC2. The zero-order chi connectivity index (χ0) is 6.27. The van der Waals surface area contributed by atoms with Gasteiger partial charge in [0.15, 0.2) is 0 Å². The second-order valence-corrected chi connectivity index (χ2v) is 4.81. The van der Waals surface area contributed by atoms with E-state index in [1.165, 1.54) is 19.3 Å². The third kappa shape index (κ3) is 0.737. The van der Waals surface area contributed by atoms with E-state index in [-0.39, 0.29) is 7.53 Å². The predicted octanol–water partition coefficient (Wildman–Crippen LogP) is 2.70. The number of aryl methyl sites for hydroxylation is 2. The molecule has 48 valence electrons. The smallest absolute Gasteiger partial charge is 0.0235 e. The van der Waals surface area contributed by atoms with Crippen LogP contribution in [-0.2, 0) is 19.5 Å². The summed E-state index contributed by atoms with van der Waals surface area (Å²) in [5.74, 6) is 2.39. The van der Waals surface area contributed by atoms with E-state index in [0.717, 1.165) is 0 Å². The van der Waals surface area contributed by atoms with Crippen LogP contribution < -0.4 is 0 Å². The van der Waals surface area contributed by atoms with Gasteiger partial charge in [-0.1, -0.05) is 6.07 Å². The van der Waals surface area contributed by atoms with Crippen molar-refractivity contribution in [3.8, 4) is 0 Å². The maximum atomic E-state index is 2.39. The fourth-order valence-electron chi connectivity index (χ4n) is 1.63. The van der Waals surface area contributed by atoms with Crippen molar-refractivity contribution in [1.82, 2.24) is 0 Å². The number of fused-ring (bicyclic) bond motifs is 1. The van der Waals surface area contributed by atoms with E-state index in [2.05, 4.69) is 18.5 Å². The summed E-state index contributed by atoms with van der Waals surface area (Å²) in [5.41, 5.74) is 1.67. The van der Waals surface area contributed by atoms with Crippen LogP contribution in [0.15, 0.2) is 11.9 Å². The van der Waals surface area contributed by atoms with Gasteiger partial charge in [-0.15, -0.1) is 7.53 Å². The van der Waals surface area contributed by atoms with Crippen LogP contribution in [0.2, 0.25) is 0 Å². The molecular formula is C8H11P. The molecule has 0 N–H and O–H groups in total. The van der Waals surface area contributed by atoms with Gasteiger partial charge in [0.25, 0.3) is 0 Å². The molecule has 1 unspecified atom stereocenters. The Morgan fingerprint density at radius 2 is 2.33 bits per heavy atom. The second-order valence-electron chi connectivity index (χ2n) is 2.75. The Hall–Kier alpha value is -0.220. The Morgan fingerprint density at radius 1 is 1.44 bits per heavy atom. The van der Waals surface area contributed by atoms with Crippen molar-refractivity contribution in [3.63, 3.8) is 0 Å². The largest absolute Gasteiger partial charge is 0.125 e. The Kier molecular flexibility index (Phi) is 1.16. The van der Waals surface area contributed by atoms with Crippen LogP contribution in [0, 0.1) is 0 Å². The summed E-state index contributed by atoms with van der Waals surface area (Å²) < 4.78 is 0. The molecule has 0 nitrogen and oxygen atoms in total. The summed E-state index contributed by atoms with van der Waals surface area (Å²) in [6.45, 7) is 2.36. The highest BCUT2D eigenvalue weighted by molar-refractivity contribution is 7.48. The van der Waals surface area contributed by atoms with Crippen LogP contribution in [-0.4, -0.2) is 0 Å². The van der Waals surface area contributed by atoms with Crippen molar-refractivity contribution in [3.05, 3.63) is 22.7 Å². The standard InChI is InChI=1S/C8H11P/c1-9-6-5-7-3-2-4-8(7)9/h5-6H,2-4H2,1H3. The molecule has 0 radical (unpaired) electrons. The normalized spacial score (nSPS) is 18.1. The molecule has 0 saturated heterocycles. The summed E-state index contributed by atoms with van der Waals surface area (Å²) >= 11 is 0. The molecule has 1 heteroatoms. The molecule has 0 bridgehead atoms. The molecule has 0 aliphatic heterocycles. The first-order valence-electron chi connectivity index (χ1n) is 3.51. The lowest BCUT2D eigenvalue weighted by atomic mass is 10.3. The lowest BCUT2D eigenvalue weighted by Gasteiger charge is -1.90. The fourth-order valence-corrected chi connectivity index (χ4v) is 3.36. The highest BCUT2D eigenvalue weighted by Gasteiger charge is 2.12. The maximum Gasteiger partial charge on any atom is -0.0235 e. The van der Waals surface area contributed by atoms with E-state index in [4.69, 9.17) is 0 Å². The van der Waals surface area contributed by atoms with Crippen molar-refractivity contribution in [1.29, 1.82) is 0 Å². The highest BCUT2D eigenvalue weighted by Crippen LogP contribution is 2.38. The molecule has 0 amide bonds. The Morgan fingerprint density at radius 3 is 3.11 bits per heavy atom. The zero-order valence-corrected chi connectivity index (χ0v) is 6.62. The van der Waals surface area contributed by atoms with Crippen LogP contribution in [0.1, 0.15) is 17.3 Å². The van der Waals surface area contributed by atoms with E-state index in [0.29, 0.717) is 0 Å². The van der Waals surface area contributed by atoms with E-state index in [9.17, 15) is 0 Å². The number of hydrogen-bond donors (Lipinski definition) is 0. The minimum Gasteiger partial charge on any atom is -0.125 e. The summed E-state index contributed by atoms with van der Waals surface area (Å²) in [6.07, 6.45) is 4.17. The molecule has 1 aliphatic carbocycles. The van der Waals surface area contributed by atoms with Crippen LogP contribution in [0.3, 0.4) is 0 Å². The van der Waals surface area contributed by atoms with Crippen molar-refractivity contribution >= 4 is 7.53 Å². The second kappa shape index (κ2) is 1.88. The Balaban J connectivity index is 2.56. The van der Waals surface area contributed by atoms with Gasteiger partial charge in [0.2, 0.25) is 0 Å². The molecule has 1 aliphatic rings. The first-order valence-corrected chi connectivity index (χ1v) is 5.37. The predicted molar refractivity (Wildman–Crippen MR) is 42.2 cm³/mol. The van der Waals surface area contributed by atoms with Crippen LogP contribution in [0.4, 0.5) is 0 Å². The van der Waals surface area contributed by atoms with Gasteiger partial charge in [-0.25, -0.2) is 0 Å². The zero-order valence-electron chi connectivity index (χ0n) is 5.72. The Labute approximate surface area is 57.0 Å². The topological polar surface area (TPSA) is 0 Å². The van der Waals surface area contributed by atoms with Gasteiger partial charge in [-0.3, -0.25) is 0 Å². The van der Waals surface area contributed by atoms with Crippen molar-refractivity contribution < 1.29 is 0 Å². The summed E-state index contributed by atoms with van der Waals surface area (Å²) in [7, 11) is 0.194. The van der Waals surface area contributed by atoms with Gasteiger partial charge < -0.3 is 0 Å². The third-order valence-corrected chi connectivity index (χ3v) is 4.11. The summed E-state index contributed by atoms with van der Waals surface area (Å²) in [4.78, 5) is 0. The summed E-state index contributed by atoms with van der Waals surface area (Å²) in [5, 5.41) is 1.78. The third-order valence-electron chi connectivity index (χ3n) is 2.16. The molecule has 2 rings (SSSR count). The number of hydrogen-bond acceptors (Lipinski definition) is 0. The van der Waals surface area contributed by atoms with E-state index < -0.39 is 0 Å². The van der Waals surface area contributed by atoms with Crippen molar-refractivity contribution in [2.24, 2.45) is 6.66 Å². The fraction of sp³-hybridized carbons (Fsp3) is 0.500. The lowest BCUT2D eigenvalue weighted by Crippen LogP contribution is -1.66. The van der Waals surface area contributed by atoms with Gasteiger partial charge in [-0.2, -0.15) is 0 Å². The minimum absolute atomic E-state index is 0.194. The van der Waals surface area contributed by atoms with Gasteiger partial charge >= 0.3 is 0 Å². The molecule has 1 atom stereocenters. The molecule has 1 heterocycles. The monoisotopic (exact) mass is 138 g/mol. The van der Waals surface area contributed by atoms with E-state index in [1.54, 1.807) is 10.9 Å². The molecule has 0 spiro atoms. The van der Waals surface area contributed by atoms with Crippen LogP contribution in [0.5, 0.6) is 0 Å². The molecule has 0 aromatic carbocycles. The highest BCUT2D eigenvalue weighted by atomic mass is 31.1. The first-order chi connectivity index (χ1) is 4.38. The number of rotatable bonds is 0. The quantitative estimate of drug-likeness (QED) is 0.517. The van der Waals surface area contributed by atoms with E-state index >= 15 is 0 Å². The Bertz CT molecular complexity index is 222. The van der Waals surface area contributed by atoms with Crippen LogP contribution >= 0.6 is 7.53 Å². The summed E-state index contributed by atoms with van der Waals surface area (Å²) in [6, 6.07) is 2.34. The maximum absolute atomic E-state index is 2.39. The molecule has 0 saturated carbocycles. The average Bonchev–Trinajstić information content (AvgIpc) is 2.35. The first kappa shape index (κ1) is 5.56. The van der Waals surface area contributed by atoms with Crippen molar-refractivity contribution in [2.45, 2.75) is 19.3 Å². The molecular weight excluding hydrogens is 127 g/mol. The molecule has 1 aromatic heterocycles. The average molecular weight is 138 g/mol. The lowest BCUT2D eigenvalue weighted by molar-refractivity contribution is 0.914. The van der Waals surface area contributed by atoms with Gasteiger partial charge in [0.05, 0.1) is 0 Å². The van der Waals surface area contributed by atoms with Gasteiger partial charge in [0.1, 0.15) is 0 Å². The molecule has 0 fully saturated rings. The van der Waals surface area contributed by atoms with Gasteiger partial charge in [-0.05, 0) is 42.6 Å². The minimum atomic E-state index is 0.194. The van der Waals surface area contributed by atoms with Crippen LogP contribution in [0.25, 0.3) is 0 Å². The van der Waals surface area contributed by atoms with E-state index in [1.807, 2.05) is 0 Å². The molecule has 9 heavy (non-hydrogen) atoms. The van der Waals surface area contributed by atoms with Gasteiger partial charge in [0, 0.05) is 0 Å². The molecule has 1 aromatic rings.